The number of carbonyl (C=O) groups is 3. The second-order valence-electron chi connectivity index (χ2n) is 9.30. The maximum absolute atomic E-state index is 13.6. The maximum atomic E-state index is 13.6. The smallest absolute Gasteiger partial charge is 0.326 e. The van der Waals surface area contributed by atoms with Crippen molar-refractivity contribution >= 4 is 33.7 Å². The van der Waals surface area contributed by atoms with Crippen LogP contribution in [0.15, 0.2) is 108 Å². The normalized spacial score (nSPS) is 11.4. The van der Waals surface area contributed by atoms with Crippen molar-refractivity contribution in [2.45, 2.75) is 32.0 Å². The Balaban J connectivity index is 1.49. The zero-order chi connectivity index (χ0) is 28.5. The molecule has 0 saturated carbocycles. The molecule has 1 atom stereocenters. The van der Waals surface area contributed by atoms with E-state index < -0.39 is 23.8 Å². The van der Waals surface area contributed by atoms with E-state index in [0.717, 1.165) is 32.5 Å². The molecule has 0 aliphatic rings. The first kappa shape index (κ1) is 28.6. The molecule has 0 aliphatic heterocycles. The number of hydrogen-bond donors (Lipinski definition) is 2. The minimum absolute atomic E-state index is 0.0721. The van der Waals surface area contributed by atoms with Crippen LogP contribution in [0.2, 0.25) is 0 Å². The van der Waals surface area contributed by atoms with Crippen LogP contribution in [0.3, 0.4) is 0 Å². The van der Waals surface area contributed by atoms with Crippen LogP contribution in [0.25, 0.3) is 11.1 Å². The summed E-state index contributed by atoms with van der Waals surface area (Å²) in [7, 11) is 0. The fraction of sp³-hybridized carbons (Fsp3) is 0.156. The largest absolute Gasteiger partial charge is 0.489 e. The average molecular weight is 601 g/mol. The first-order valence-corrected chi connectivity index (χ1v) is 13.5. The van der Waals surface area contributed by atoms with E-state index in [0.29, 0.717) is 12.2 Å². The summed E-state index contributed by atoms with van der Waals surface area (Å²) < 4.78 is 6.89. The number of ether oxygens (including phenoxy) is 1. The van der Waals surface area contributed by atoms with E-state index >= 15 is 0 Å². The van der Waals surface area contributed by atoms with Crippen LogP contribution in [0.1, 0.15) is 34.3 Å². The third-order valence-corrected chi connectivity index (χ3v) is 6.89. The molecule has 0 aliphatic carbocycles. The number of nitrogens with two attached hydrogens (primary N) is 1. The van der Waals surface area contributed by atoms with E-state index in [1.165, 1.54) is 4.90 Å². The van der Waals surface area contributed by atoms with Crippen molar-refractivity contribution in [3.8, 4) is 16.9 Å². The van der Waals surface area contributed by atoms with Gasteiger partial charge in [-0.1, -0.05) is 82.7 Å². The molecule has 0 fully saturated rings. The second-order valence-corrected chi connectivity index (χ2v) is 10.2. The zero-order valence-electron chi connectivity index (χ0n) is 21.7. The number of hydrogen-bond acceptors (Lipinski definition) is 4. The third kappa shape index (κ3) is 7.80. The van der Waals surface area contributed by atoms with E-state index in [-0.39, 0.29) is 19.4 Å². The first-order chi connectivity index (χ1) is 19.3. The highest BCUT2D eigenvalue weighted by molar-refractivity contribution is 9.10. The molecule has 4 rings (SSSR count). The molecule has 3 N–H and O–H groups in total. The Morgan fingerprint density at radius 3 is 2.05 bits per heavy atom. The van der Waals surface area contributed by atoms with E-state index in [4.69, 9.17) is 10.5 Å². The summed E-state index contributed by atoms with van der Waals surface area (Å²) in [6.07, 6.45) is -0.214. The number of rotatable bonds is 12. The van der Waals surface area contributed by atoms with Gasteiger partial charge in [-0.2, -0.15) is 0 Å². The molecule has 4 aromatic carbocycles. The molecular weight excluding hydrogens is 572 g/mol. The van der Waals surface area contributed by atoms with Gasteiger partial charge >= 0.3 is 5.97 Å². The quantitative estimate of drug-likeness (QED) is 0.205. The van der Waals surface area contributed by atoms with Crippen molar-refractivity contribution < 1.29 is 24.2 Å². The predicted octanol–water partition coefficient (Wildman–Crippen LogP) is 6.06. The third-order valence-electron chi connectivity index (χ3n) is 6.40. The summed E-state index contributed by atoms with van der Waals surface area (Å²) in [6, 6.07) is 30.5. The minimum atomic E-state index is -1.20. The molecule has 0 spiro atoms. The highest BCUT2D eigenvalue weighted by atomic mass is 79.9. The number of aliphatic carboxylic acids is 1. The molecule has 8 heteroatoms. The van der Waals surface area contributed by atoms with Gasteiger partial charge in [-0.05, 0) is 65.1 Å². The second kappa shape index (κ2) is 13.6. The summed E-state index contributed by atoms with van der Waals surface area (Å²) in [5, 5.41) is 9.90. The van der Waals surface area contributed by atoms with Crippen LogP contribution >= 0.6 is 15.9 Å². The molecule has 204 valence electrons. The number of carbonyl (C=O) groups excluding carboxylic acids is 2. The summed E-state index contributed by atoms with van der Waals surface area (Å²) in [6.45, 7) is 0.532. The summed E-state index contributed by atoms with van der Waals surface area (Å²) in [5.74, 6) is -1.51. The number of nitrogens with zero attached hydrogens (tertiary/aromatic N) is 1. The van der Waals surface area contributed by atoms with E-state index in [1.807, 2.05) is 91.0 Å². The molecule has 0 aromatic heterocycles. The van der Waals surface area contributed by atoms with Gasteiger partial charge in [0, 0.05) is 23.0 Å². The first-order valence-electron chi connectivity index (χ1n) is 12.7. The average Bonchev–Trinajstić information content (AvgIpc) is 2.96. The van der Waals surface area contributed by atoms with Crippen molar-refractivity contribution in [2.24, 2.45) is 5.73 Å². The number of halogens is 1. The molecule has 0 unspecified atom stereocenters. The Kier molecular flexibility index (Phi) is 9.70. The Bertz CT molecular complexity index is 1460. The van der Waals surface area contributed by atoms with E-state index in [9.17, 15) is 19.5 Å². The molecule has 0 heterocycles. The molecule has 40 heavy (non-hydrogen) atoms. The van der Waals surface area contributed by atoms with Crippen LogP contribution < -0.4 is 10.5 Å². The lowest BCUT2D eigenvalue weighted by Gasteiger charge is -2.29. The van der Waals surface area contributed by atoms with Gasteiger partial charge in [-0.15, -0.1) is 0 Å². The molecule has 0 bridgehead atoms. The molecule has 2 amide bonds. The van der Waals surface area contributed by atoms with E-state index in [2.05, 4.69) is 15.9 Å². The number of primary amides is 1. The molecule has 0 saturated heterocycles. The summed E-state index contributed by atoms with van der Waals surface area (Å²) >= 11 is 3.46. The maximum Gasteiger partial charge on any atom is 0.326 e. The molecule has 0 radical (unpaired) electrons. The van der Waals surface area contributed by atoms with Gasteiger partial charge in [-0.25, -0.2) is 4.79 Å². The van der Waals surface area contributed by atoms with Gasteiger partial charge in [0.05, 0.1) is 0 Å². The molecule has 7 nitrogen and oxygen atoms in total. The van der Waals surface area contributed by atoms with Gasteiger partial charge in [-0.3, -0.25) is 9.59 Å². The van der Waals surface area contributed by atoms with E-state index in [1.54, 1.807) is 12.1 Å². The van der Waals surface area contributed by atoms with Crippen LogP contribution in [0.4, 0.5) is 0 Å². The van der Waals surface area contributed by atoms with Gasteiger partial charge < -0.3 is 20.5 Å². The SMILES string of the molecule is NC(=O)CC[C@@H](C(=O)O)N(Cc1ccccc1)C(=O)c1ccc(-c2ccc(OCc3cccc(Br)c3)cc2)cc1. The minimum Gasteiger partial charge on any atom is -0.489 e. The van der Waals surface area contributed by atoms with Crippen LogP contribution in [0.5, 0.6) is 5.75 Å². The van der Waals surface area contributed by atoms with Crippen molar-refractivity contribution in [1.82, 2.24) is 4.90 Å². The Hall–Kier alpha value is -4.43. The number of carboxylic acids is 1. The van der Waals surface area contributed by atoms with Crippen LogP contribution in [0, 0.1) is 0 Å². The summed E-state index contributed by atoms with van der Waals surface area (Å²) in [4.78, 5) is 38.4. The topological polar surface area (TPSA) is 110 Å². The fourth-order valence-corrected chi connectivity index (χ4v) is 4.75. The van der Waals surface area contributed by atoms with Crippen molar-refractivity contribution in [3.63, 3.8) is 0 Å². The van der Waals surface area contributed by atoms with Gasteiger partial charge in [0.25, 0.3) is 5.91 Å². The highest BCUT2D eigenvalue weighted by Gasteiger charge is 2.30. The Morgan fingerprint density at radius 2 is 1.45 bits per heavy atom. The number of benzene rings is 4. The molecular formula is C32H29BrN2O5. The monoisotopic (exact) mass is 600 g/mol. The summed E-state index contributed by atoms with van der Waals surface area (Å²) in [5.41, 5.74) is 9.29. The Morgan fingerprint density at radius 1 is 0.825 bits per heavy atom. The van der Waals surface area contributed by atoms with Crippen molar-refractivity contribution in [1.29, 1.82) is 0 Å². The van der Waals surface area contributed by atoms with Gasteiger partial charge in [0.2, 0.25) is 5.91 Å². The van der Waals surface area contributed by atoms with Crippen molar-refractivity contribution in [2.75, 3.05) is 0 Å². The van der Waals surface area contributed by atoms with Crippen LogP contribution in [-0.4, -0.2) is 33.8 Å². The highest BCUT2D eigenvalue weighted by Crippen LogP contribution is 2.25. The zero-order valence-corrected chi connectivity index (χ0v) is 23.3. The fourth-order valence-electron chi connectivity index (χ4n) is 4.30. The molecule has 4 aromatic rings. The number of amides is 2. The lowest BCUT2D eigenvalue weighted by atomic mass is 10.0. The lowest BCUT2D eigenvalue weighted by molar-refractivity contribution is -0.143. The van der Waals surface area contributed by atoms with Crippen LogP contribution in [-0.2, 0) is 22.7 Å². The predicted molar refractivity (Wildman–Crippen MR) is 157 cm³/mol. The number of carboxylic acid groups (broad SMARTS) is 1. The Labute approximate surface area is 241 Å². The van der Waals surface area contributed by atoms with Crippen molar-refractivity contribution in [3.05, 3.63) is 124 Å². The van der Waals surface area contributed by atoms with Gasteiger partial charge in [0.1, 0.15) is 18.4 Å². The standard InChI is InChI=1S/C32H29BrN2O5/c33-27-8-4-7-23(19-27)21-40-28-15-13-25(14-16-28)24-9-11-26(12-10-24)31(37)35(20-22-5-2-1-3-6-22)29(32(38)39)17-18-30(34)36/h1-16,19,29H,17-18,20-21H2,(H2,34,36)(H,38,39)/t29-/m0/s1. The lowest BCUT2D eigenvalue weighted by Crippen LogP contribution is -2.45. The van der Waals surface area contributed by atoms with Gasteiger partial charge in [0.15, 0.2) is 0 Å².